The number of hydrogen-bond acceptors (Lipinski definition) is 14. The van der Waals surface area contributed by atoms with Crippen molar-refractivity contribution in [3.8, 4) is 22.3 Å². The van der Waals surface area contributed by atoms with Gasteiger partial charge in [-0.2, -0.15) is 9.78 Å². The zero-order chi connectivity index (χ0) is 66.4. The Bertz CT molecular complexity index is 3990. The summed E-state index contributed by atoms with van der Waals surface area (Å²) in [4.78, 5) is 86.5. The van der Waals surface area contributed by atoms with Gasteiger partial charge in [-0.1, -0.05) is 187 Å². The van der Waals surface area contributed by atoms with Crippen molar-refractivity contribution in [3.05, 3.63) is 273 Å². The molecule has 3 radical (unpaired) electrons. The van der Waals surface area contributed by atoms with Crippen LogP contribution in [-0.4, -0.2) is 104 Å². The fraction of sp³-hybridized carbons (Fsp3) is 0.205. The Balaban J connectivity index is 0.000000206. The maximum absolute atomic E-state index is 14.1. The average molecular weight is 1330 g/mol. The number of halogens is 2. The maximum Gasteiger partial charge on any atom is 1.00 e. The van der Waals surface area contributed by atoms with Crippen LogP contribution in [0.1, 0.15) is 78.9 Å². The number of nitrogens with zero attached hydrogens (tertiary/aromatic N) is 3. The van der Waals surface area contributed by atoms with Gasteiger partial charge in [0.2, 0.25) is 0 Å². The summed E-state index contributed by atoms with van der Waals surface area (Å²) in [6.45, 7) is 7.64. The molecule has 0 fully saturated rings. The van der Waals surface area contributed by atoms with Gasteiger partial charge in [0.15, 0.2) is 0 Å². The first-order chi connectivity index (χ1) is 45.7. The van der Waals surface area contributed by atoms with Crippen molar-refractivity contribution >= 4 is 77.6 Å². The van der Waals surface area contributed by atoms with E-state index < -0.39 is 5.97 Å². The smallest absolute Gasteiger partial charge is 0.567 e. The molecule has 22 heteroatoms. The topological polar surface area (TPSA) is 210 Å². The Morgan fingerprint density at radius 1 is 0.547 bits per heavy atom. The number of carbonyl (C=O) groups excluding carboxylic acids is 4. The van der Waals surface area contributed by atoms with Gasteiger partial charge in [-0.15, -0.1) is 0 Å². The van der Waals surface area contributed by atoms with Crippen molar-refractivity contribution in [2.24, 2.45) is 0 Å². The van der Waals surface area contributed by atoms with Crippen molar-refractivity contribution in [1.82, 2.24) is 10.2 Å². The minimum absolute atomic E-state index is 0. The van der Waals surface area contributed by atoms with Crippen LogP contribution in [0, 0.1) is 0 Å². The SMILES string of the molecule is O=C(Nc1ccc(C(=O)N2C[C@@H](CO)N(Cc3ccccc3)Cc3ccccc32)c(Cl)c1)c1ccccc1-c1ccccc1.O=C(Nc1ccc(C(=O)N2C[C@@H](CO)NCc3ccccc32)c(Cl)c1)c1ccccc1-c1ccccc1.[B-]OOC(C)(OOCC)OOCC.[Na+]. The third-order valence-corrected chi connectivity index (χ3v) is 15.9. The summed E-state index contributed by atoms with van der Waals surface area (Å²) >= 11 is 13.3. The van der Waals surface area contributed by atoms with Crippen LogP contribution in [0.2, 0.25) is 10.0 Å². The summed E-state index contributed by atoms with van der Waals surface area (Å²) < 4.78 is 0. The molecule has 0 aromatic heterocycles. The molecule has 5 N–H and O–H groups in total. The molecule has 2 aliphatic heterocycles. The number of hydrogen-bond donors (Lipinski definition) is 5. The molecule has 0 unspecified atom stereocenters. The Labute approximate surface area is 586 Å². The molecule has 9 aromatic carbocycles. The van der Waals surface area contributed by atoms with Crippen molar-refractivity contribution < 1.29 is 88.2 Å². The summed E-state index contributed by atoms with van der Waals surface area (Å²) in [5.74, 6) is -2.72. The molecular weight excluding hydrogens is 1260 g/mol. The minimum Gasteiger partial charge on any atom is -0.567 e. The number of aliphatic hydroxyl groups is 2. The van der Waals surface area contributed by atoms with Gasteiger partial charge in [-0.25, -0.2) is 14.7 Å². The van der Waals surface area contributed by atoms with Gasteiger partial charge < -0.3 is 48.8 Å². The number of carbonyl (C=O) groups is 4. The predicted molar refractivity (Wildman–Crippen MR) is 365 cm³/mol. The second-order valence-electron chi connectivity index (χ2n) is 21.7. The first kappa shape index (κ1) is 72.9. The van der Waals surface area contributed by atoms with E-state index in [4.69, 9.17) is 23.2 Å². The number of anilines is 4. The molecule has 2 atom stereocenters. The number of rotatable bonds is 20. The van der Waals surface area contributed by atoms with Crippen molar-refractivity contribution in [3.63, 3.8) is 0 Å². The van der Waals surface area contributed by atoms with E-state index in [1.807, 2.05) is 164 Å². The summed E-state index contributed by atoms with van der Waals surface area (Å²) in [6.07, 6.45) is 0. The zero-order valence-electron chi connectivity index (χ0n) is 53.0. The molecule has 9 aromatic rings. The molecular formula is C73H71BCl2N6NaO12. The number of para-hydroxylation sites is 2. The van der Waals surface area contributed by atoms with Crippen LogP contribution in [0.25, 0.3) is 22.3 Å². The molecule has 0 saturated heterocycles. The first-order valence-corrected chi connectivity index (χ1v) is 31.2. The van der Waals surface area contributed by atoms with E-state index in [0.717, 1.165) is 50.3 Å². The van der Waals surface area contributed by atoms with Gasteiger partial charge in [0.25, 0.3) is 23.6 Å². The van der Waals surface area contributed by atoms with Crippen LogP contribution in [-0.2, 0) is 48.9 Å². The molecule has 0 aliphatic carbocycles. The second-order valence-corrected chi connectivity index (χ2v) is 22.5. The van der Waals surface area contributed by atoms with Crippen LogP contribution < -0.4 is 55.3 Å². The first-order valence-electron chi connectivity index (χ1n) is 30.4. The molecule has 0 spiro atoms. The number of amides is 4. The molecule has 2 heterocycles. The van der Waals surface area contributed by atoms with Gasteiger partial charge in [-0.3, -0.25) is 24.1 Å². The summed E-state index contributed by atoms with van der Waals surface area (Å²) in [5.41, 5.74) is 10.9. The van der Waals surface area contributed by atoms with E-state index in [2.05, 4.69) is 70.3 Å². The van der Waals surface area contributed by atoms with Crippen LogP contribution in [0.3, 0.4) is 0 Å². The molecule has 11 rings (SSSR count). The molecule has 4 amide bonds. The fourth-order valence-corrected chi connectivity index (χ4v) is 11.2. The van der Waals surface area contributed by atoms with E-state index in [1.54, 1.807) is 72.2 Å². The van der Waals surface area contributed by atoms with Gasteiger partial charge in [0.05, 0.1) is 53.6 Å². The summed E-state index contributed by atoms with van der Waals surface area (Å²) in [7, 11) is 4.66. The van der Waals surface area contributed by atoms with Gasteiger partial charge >= 0.3 is 35.5 Å². The van der Waals surface area contributed by atoms with E-state index in [0.29, 0.717) is 79.6 Å². The minimum atomic E-state index is -1.64. The standard InChI is InChI=1S/C37H32ClN3O3.C30H26ClN3O3.C6H13BO6.Na/c38-34-21-29(39-36(43)32-17-9-8-16-31(32)27-13-5-2-6-14-27)19-20-33(34)37(44)41-24-30(25-42)40(22-26-11-3-1-4-12-26)23-28-15-7-10-18-35(28)41;31-27-16-22(33-29(36)25-12-6-5-11-24(25)20-8-2-1-3-9-20)14-15-26(27)30(37)34-18-23(19-35)32-17-21-10-4-7-13-28(21)34;1-4-8-10-6(3,12-13-7)11-9-5-2;/h1-21,30,42H,22-25H2,(H,39,43);1-16,23,32,35H,17-19H2,(H,33,36);4-5H2,1-3H3;/q;;-1;+1/t30-;23-;;/m00../s1. The number of nitrogens with one attached hydrogen (secondary N) is 3. The van der Waals surface area contributed by atoms with E-state index in [-0.39, 0.29) is 88.5 Å². The van der Waals surface area contributed by atoms with Crippen LogP contribution in [0.15, 0.2) is 224 Å². The second kappa shape index (κ2) is 36.3. The van der Waals surface area contributed by atoms with E-state index in [1.165, 1.54) is 6.92 Å². The molecule has 483 valence electrons. The predicted octanol–water partition coefficient (Wildman–Crippen LogP) is 10.3. The van der Waals surface area contributed by atoms with Gasteiger partial charge in [0, 0.05) is 79.6 Å². The van der Waals surface area contributed by atoms with Crippen LogP contribution in [0.5, 0.6) is 0 Å². The van der Waals surface area contributed by atoms with Crippen molar-refractivity contribution in [2.45, 2.75) is 58.5 Å². The average Bonchev–Trinajstić information content (AvgIpc) is 1.78. The number of aliphatic hydroxyl groups excluding tert-OH is 2. The van der Waals surface area contributed by atoms with E-state index in [9.17, 15) is 29.4 Å². The monoisotopic (exact) mass is 1330 g/mol. The van der Waals surface area contributed by atoms with Gasteiger partial charge in [-0.05, 0) is 113 Å². The van der Waals surface area contributed by atoms with Crippen molar-refractivity contribution in [2.75, 3.05) is 60.0 Å². The Morgan fingerprint density at radius 3 is 1.46 bits per heavy atom. The summed E-state index contributed by atoms with van der Waals surface area (Å²) in [5, 5.41) is 29.8. The Hall–Kier alpha value is -7.90. The van der Waals surface area contributed by atoms with E-state index >= 15 is 0 Å². The fourth-order valence-electron chi connectivity index (χ4n) is 10.7. The third-order valence-electron chi connectivity index (χ3n) is 15.3. The Morgan fingerprint density at radius 2 is 0.989 bits per heavy atom. The molecule has 95 heavy (non-hydrogen) atoms. The maximum atomic E-state index is 14.1. The molecule has 18 nitrogen and oxygen atoms in total. The van der Waals surface area contributed by atoms with Crippen LogP contribution in [0.4, 0.5) is 22.7 Å². The third kappa shape index (κ3) is 19.4. The molecule has 0 bridgehead atoms. The van der Waals surface area contributed by atoms with Crippen LogP contribution >= 0.6 is 23.2 Å². The Kier molecular flexibility index (Phi) is 27.9. The largest absolute Gasteiger partial charge is 1.00 e. The molecule has 0 saturated carbocycles. The molecule has 2 aliphatic rings. The zero-order valence-corrected chi connectivity index (χ0v) is 56.5. The van der Waals surface area contributed by atoms with Crippen molar-refractivity contribution in [1.29, 1.82) is 0 Å². The summed E-state index contributed by atoms with van der Waals surface area (Å²) in [6, 6.07) is 69.1. The van der Waals surface area contributed by atoms with Gasteiger partial charge in [0.1, 0.15) is 0 Å². The quantitative estimate of drug-likeness (QED) is 0.0208. The normalized spacial score (nSPS) is 14.4. The number of benzene rings is 9. The number of fused-ring (bicyclic) bond motifs is 2.